The molecule has 84 valence electrons. The van der Waals surface area contributed by atoms with Crippen LogP contribution in [-0.4, -0.2) is 20.8 Å². The van der Waals surface area contributed by atoms with E-state index in [2.05, 4.69) is 0 Å². The first kappa shape index (κ1) is 12.1. The fourth-order valence-electron chi connectivity index (χ4n) is 1.19. The Morgan fingerprint density at radius 1 is 1.47 bits per heavy atom. The van der Waals surface area contributed by atoms with Crippen LogP contribution < -0.4 is 10.9 Å². The Balaban J connectivity index is 2.81. The summed E-state index contributed by atoms with van der Waals surface area (Å²) in [5.74, 6) is 5.60. The maximum atomic E-state index is 12.1. The van der Waals surface area contributed by atoms with Gasteiger partial charge in [-0.05, 0) is 23.2 Å². The fourth-order valence-corrected chi connectivity index (χ4v) is 1.78. The maximum absolute atomic E-state index is 12.1. The summed E-state index contributed by atoms with van der Waals surface area (Å²) >= 11 is -2.42. The molecular weight excluding hydrogens is 219 g/mol. The third-order valence-electron chi connectivity index (χ3n) is 1.94. The molecule has 6 heteroatoms. The van der Waals surface area contributed by atoms with Crippen LogP contribution in [0.25, 0.3) is 0 Å². The van der Waals surface area contributed by atoms with Gasteiger partial charge in [-0.2, -0.15) is 0 Å². The van der Waals surface area contributed by atoms with E-state index in [4.69, 9.17) is 5.84 Å². The number of nitrogens with zero attached hydrogens (tertiary/aromatic N) is 1. The first-order valence-corrected chi connectivity index (χ1v) is 5.53. The van der Waals surface area contributed by atoms with Gasteiger partial charge in [-0.3, -0.25) is 13.6 Å². The van der Waals surface area contributed by atoms with E-state index in [0.717, 1.165) is 5.01 Å². The molecule has 0 spiro atoms. The van der Waals surface area contributed by atoms with Crippen LogP contribution in [-0.2, 0) is 11.1 Å². The molecule has 0 radical (unpaired) electrons. The molecule has 0 aromatic heterocycles. The highest BCUT2D eigenvalue weighted by atomic mass is 32.2. The minimum absolute atomic E-state index is 0.137. The van der Waals surface area contributed by atoms with Gasteiger partial charge < -0.3 is 4.55 Å². The summed E-state index contributed by atoms with van der Waals surface area (Å²) in [4.78, 5) is 0. The van der Waals surface area contributed by atoms with E-state index in [1.54, 1.807) is 30.3 Å². The highest BCUT2D eigenvalue weighted by Crippen LogP contribution is 2.15. The van der Waals surface area contributed by atoms with Gasteiger partial charge in [0.25, 0.3) is 0 Å². The van der Waals surface area contributed by atoms with E-state index < -0.39 is 23.1 Å². The Hall–Kier alpha value is -0.980. The highest BCUT2D eigenvalue weighted by Gasteiger charge is 2.16. The molecule has 2 atom stereocenters. The second-order valence-electron chi connectivity index (χ2n) is 2.94. The molecule has 0 fully saturated rings. The van der Waals surface area contributed by atoms with Crippen molar-refractivity contribution < 1.29 is 13.2 Å². The minimum atomic E-state index is -2.42. The van der Waals surface area contributed by atoms with E-state index in [-0.39, 0.29) is 6.42 Å². The van der Waals surface area contributed by atoms with Crippen LogP contribution in [0, 0.1) is 0 Å². The predicted octanol–water partition coefficient (Wildman–Crippen LogP) is 0.931. The lowest BCUT2D eigenvalue weighted by atomic mass is 10.3. The molecule has 0 heterocycles. The van der Waals surface area contributed by atoms with E-state index in [1.165, 1.54) is 0 Å². The second-order valence-corrected chi connectivity index (χ2v) is 4.00. The molecule has 4 nitrogen and oxygen atoms in total. The molecule has 2 unspecified atom stereocenters. The van der Waals surface area contributed by atoms with E-state index in [9.17, 15) is 13.2 Å². The molecule has 0 amide bonds. The van der Waals surface area contributed by atoms with Crippen LogP contribution in [0.1, 0.15) is 6.42 Å². The van der Waals surface area contributed by atoms with Gasteiger partial charge in [-0.15, -0.1) is 0 Å². The zero-order valence-corrected chi connectivity index (χ0v) is 8.82. The molecule has 1 aromatic rings. The Morgan fingerprint density at radius 2 is 2.07 bits per heavy atom. The zero-order valence-electron chi connectivity index (χ0n) is 8.01. The largest absolute Gasteiger partial charge is 0.771 e. The van der Waals surface area contributed by atoms with Crippen molar-refractivity contribution in [3.8, 4) is 0 Å². The summed E-state index contributed by atoms with van der Waals surface area (Å²) in [5.41, 5.74) is 0.542. The Kier molecular flexibility index (Phi) is 4.67. The first-order chi connectivity index (χ1) is 7.16. The zero-order chi connectivity index (χ0) is 11.3. The SMILES string of the molecule is NN(c1ccccc1)C(CCF)S(=O)[O-]. The normalized spacial score (nSPS) is 14.6. The third kappa shape index (κ3) is 3.26. The van der Waals surface area contributed by atoms with Gasteiger partial charge in [0.15, 0.2) is 0 Å². The summed E-state index contributed by atoms with van der Waals surface area (Å²) in [6, 6.07) is 8.58. The monoisotopic (exact) mass is 231 g/mol. The first-order valence-electron chi connectivity index (χ1n) is 4.40. The van der Waals surface area contributed by atoms with Crippen molar-refractivity contribution in [2.75, 3.05) is 11.7 Å². The van der Waals surface area contributed by atoms with Crippen LogP contribution >= 0.6 is 0 Å². The third-order valence-corrected chi connectivity index (χ3v) is 2.85. The number of anilines is 1. The summed E-state index contributed by atoms with van der Waals surface area (Å²) in [6.45, 7) is -0.723. The average molecular weight is 231 g/mol. The Labute approximate surface area is 90.1 Å². The summed E-state index contributed by atoms with van der Waals surface area (Å²) < 4.78 is 33.8. The van der Waals surface area contributed by atoms with Crippen molar-refractivity contribution >= 4 is 16.8 Å². The number of halogens is 1. The van der Waals surface area contributed by atoms with Gasteiger partial charge in [-0.25, -0.2) is 5.84 Å². The summed E-state index contributed by atoms with van der Waals surface area (Å²) in [6.07, 6.45) is -0.137. The summed E-state index contributed by atoms with van der Waals surface area (Å²) in [7, 11) is 0. The van der Waals surface area contributed by atoms with Crippen LogP contribution in [0.15, 0.2) is 30.3 Å². The van der Waals surface area contributed by atoms with Crippen molar-refractivity contribution in [1.82, 2.24) is 0 Å². The molecular formula is C9H12FN2O2S-. The maximum Gasteiger partial charge on any atom is 0.109 e. The van der Waals surface area contributed by atoms with E-state index >= 15 is 0 Å². The Morgan fingerprint density at radius 3 is 2.53 bits per heavy atom. The smallest absolute Gasteiger partial charge is 0.109 e. The molecule has 0 aliphatic carbocycles. The van der Waals surface area contributed by atoms with Crippen LogP contribution in [0.5, 0.6) is 0 Å². The van der Waals surface area contributed by atoms with Gasteiger partial charge in [0.1, 0.15) is 5.37 Å². The second kappa shape index (κ2) is 5.79. The lowest BCUT2D eigenvalue weighted by molar-refractivity contribution is 0.443. The standard InChI is InChI=1S/C9H13FN2O2S/c10-7-6-9(15(13)14)12(11)8-4-2-1-3-5-8/h1-5,9H,6-7,11H2,(H,13,14)/p-1. The molecule has 1 rings (SSSR count). The lowest BCUT2D eigenvalue weighted by Gasteiger charge is -2.30. The number of rotatable bonds is 5. The number of alkyl halides is 1. The van der Waals surface area contributed by atoms with E-state index in [0.29, 0.717) is 5.69 Å². The number of hydrazine groups is 1. The van der Waals surface area contributed by atoms with Gasteiger partial charge in [-0.1, -0.05) is 18.2 Å². The average Bonchev–Trinajstić information content (AvgIpc) is 2.26. The molecule has 0 saturated heterocycles. The molecule has 0 aliphatic heterocycles. The fraction of sp³-hybridized carbons (Fsp3) is 0.333. The molecule has 1 aromatic carbocycles. The molecule has 0 bridgehead atoms. The molecule has 15 heavy (non-hydrogen) atoms. The highest BCUT2D eigenvalue weighted by molar-refractivity contribution is 7.79. The van der Waals surface area contributed by atoms with Crippen molar-refractivity contribution in [1.29, 1.82) is 0 Å². The number of benzene rings is 1. The van der Waals surface area contributed by atoms with Crippen molar-refractivity contribution in [2.45, 2.75) is 11.8 Å². The minimum Gasteiger partial charge on any atom is -0.771 e. The molecule has 2 N–H and O–H groups in total. The van der Waals surface area contributed by atoms with Crippen molar-refractivity contribution in [2.24, 2.45) is 5.84 Å². The van der Waals surface area contributed by atoms with Crippen LogP contribution in [0.3, 0.4) is 0 Å². The lowest BCUT2D eigenvalue weighted by Crippen LogP contribution is -2.44. The van der Waals surface area contributed by atoms with Crippen molar-refractivity contribution in [3.63, 3.8) is 0 Å². The topological polar surface area (TPSA) is 69.4 Å². The van der Waals surface area contributed by atoms with Gasteiger partial charge in [0, 0.05) is 6.42 Å². The van der Waals surface area contributed by atoms with Gasteiger partial charge >= 0.3 is 0 Å². The predicted molar refractivity (Wildman–Crippen MR) is 56.4 cm³/mol. The molecule has 0 saturated carbocycles. The van der Waals surface area contributed by atoms with Gasteiger partial charge in [0.05, 0.1) is 12.4 Å². The number of hydrogen-bond acceptors (Lipinski definition) is 4. The Bertz CT molecular complexity index is 323. The van der Waals surface area contributed by atoms with Gasteiger partial charge in [0.2, 0.25) is 0 Å². The number of nitrogens with two attached hydrogens (primary N) is 1. The molecule has 0 aliphatic rings. The van der Waals surface area contributed by atoms with Crippen LogP contribution in [0.2, 0.25) is 0 Å². The quantitative estimate of drug-likeness (QED) is 0.465. The van der Waals surface area contributed by atoms with E-state index in [1.807, 2.05) is 0 Å². The number of para-hydroxylation sites is 1. The van der Waals surface area contributed by atoms with Crippen molar-refractivity contribution in [3.05, 3.63) is 30.3 Å². The number of hydrogen-bond donors (Lipinski definition) is 1. The van der Waals surface area contributed by atoms with Crippen LogP contribution in [0.4, 0.5) is 10.1 Å². The summed E-state index contributed by atoms with van der Waals surface area (Å²) in [5, 5.41) is 0.0280.